The van der Waals surface area contributed by atoms with E-state index in [9.17, 15) is 9.18 Å². The number of carbonyl (C=O) groups excluding carboxylic acids is 1. The van der Waals surface area contributed by atoms with Crippen molar-refractivity contribution in [3.63, 3.8) is 0 Å². The van der Waals surface area contributed by atoms with Crippen LogP contribution in [-0.2, 0) is 4.79 Å². The number of hydrogen-bond acceptors (Lipinski definition) is 4. The van der Waals surface area contributed by atoms with Crippen LogP contribution in [0.15, 0.2) is 42.7 Å². The minimum atomic E-state index is -0.358. The van der Waals surface area contributed by atoms with Crippen LogP contribution in [0.2, 0.25) is 0 Å². The van der Waals surface area contributed by atoms with Crippen LogP contribution in [0.4, 0.5) is 4.39 Å². The number of nitrogens with zero attached hydrogens (tertiary/aromatic N) is 2. The summed E-state index contributed by atoms with van der Waals surface area (Å²) in [5.74, 6) is -0.0103. The Morgan fingerprint density at radius 3 is 2.46 bits per heavy atom. The average molecular weight is 329 g/mol. The third-order valence-electron chi connectivity index (χ3n) is 3.80. The molecule has 1 heterocycles. The Hall–Kier alpha value is -2.60. The van der Waals surface area contributed by atoms with Crippen molar-refractivity contribution in [3.8, 4) is 0 Å². The molecular formula is C18H20FN3O2. The molecule has 24 heavy (non-hydrogen) atoms. The Balaban J connectivity index is 0.000000219. The number of hydrogen-bond donors (Lipinski definition) is 2. The summed E-state index contributed by atoms with van der Waals surface area (Å²) in [4.78, 5) is 19.4. The van der Waals surface area contributed by atoms with Crippen LogP contribution in [-0.4, -0.2) is 21.1 Å². The van der Waals surface area contributed by atoms with Gasteiger partial charge < -0.3 is 0 Å². The maximum absolute atomic E-state index is 12.3. The van der Waals surface area contributed by atoms with E-state index in [0.717, 1.165) is 29.8 Å². The highest BCUT2D eigenvalue weighted by molar-refractivity contribution is 5.84. The molecule has 1 aliphatic rings. The number of halogens is 1. The zero-order valence-corrected chi connectivity index (χ0v) is 13.7. The van der Waals surface area contributed by atoms with E-state index in [4.69, 9.17) is 5.21 Å². The van der Waals surface area contributed by atoms with Gasteiger partial charge in [-0.1, -0.05) is 24.3 Å². The van der Waals surface area contributed by atoms with Crippen molar-refractivity contribution in [2.24, 2.45) is 5.92 Å². The van der Waals surface area contributed by atoms with E-state index in [1.165, 1.54) is 6.07 Å². The molecule has 0 bridgehead atoms. The number of benzene rings is 1. The topological polar surface area (TPSA) is 75.1 Å². The normalized spacial score (nSPS) is 16.0. The molecule has 1 unspecified atom stereocenters. The smallest absolute Gasteiger partial charge is 0.250 e. The summed E-state index contributed by atoms with van der Waals surface area (Å²) < 4.78 is 12.3. The lowest BCUT2D eigenvalue weighted by molar-refractivity contribution is -0.131. The summed E-state index contributed by atoms with van der Waals surface area (Å²) >= 11 is 0. The van der Waals surface area contributed by atoms with E-state index in [1.807, 2.05) is 19.1 Å². The zero-order chi connectivity index (χ0) is 17.5. The van der Waals surface area contributed by atoms with Gasteiger partial charge in [0.25, 0.3) is 0 Å². The number of rotatable bonds is 2. The van der Waals surface area contributed by atoms with Crippen LogP contribution in [0.1, 0.15) is 29.8 Å². The Kier molecular flexibility index (Phi) is 6.14. The van der Waals surface area contributed by atoms with Crippen molar-refractivity contribution in [1.82, 2.24) is 15.4 Å². The second-order valence-electron chi connectivity index (χ2n) is 5.58. The van der Waals surface area contributed by atoms with E-state index in [-0.39, 0.29) is 17.6 Å². The number of hydroxylamine groups is 1. The van der Waals surface area contributed by atoms with Gasteiger partial charge in [-0.25, -0.2) is 19.8 Å². The summed E-state index contributed by atoms with van der Waals surface area (Å²) in [6, 6.07) is 6.70. The maximum atomic E-state index is 12.3. The molecule has 6 heteroatoms. The molecule has 0 saturated heterocycles. The van der Waals surface area contributed by atoms with Crippen molar-refractivity contribution >= 4 is 11.5 Å². The van der Waals surface area contributed by atoms with Crippen LogP contribution in [0.25, 0.3) is 5.57 Å². The van der Waals surface area contributed by atoms with Gasteiger partial charge in [-0.05, 0) is 43.9 Å². The van der Waals surface area contributed by atoms with Crippen LogP contribution in [0, 0.1) is 25.6 Å². The van der Waals surface area contributed by atoms with Crippen molar-refractivity contribution in [2.75, 3.05) is 0 Å². The first-order valence-electron chi connectivity index (χ1n) is 7.66. The Labute approximate surface area is 140 Å². The van der Waals surface area contributed by atoms with Crippen molar-refractivity contribution < 1.29 is 14.4 Å². The first kappa shape index (κ1) is 17.7. The second kappa shape index (κ2) is 8.31. The fourth-order valence-electron chi connectivity index (χ4n) is 2.36. The molecule has 0 fully saturated rings. The van der Waals surface area contributed by atoms with Gasteiger partial charge in [0.2, 0.25) is 5.91 Å². The van der Waals surface area contributed by atoms with E-state index in [0.29, 0.717) is 5.56 Å². The third-order valence-corrected chi connectivity index (χ3v) is 3.80. The van der Waals surface area contributed by atoms with E-state index in [2.05, 4.69) is 9.97 Å². The molecule has 1 amide bonds. The molecule has 2 N–H and O–H groups in total. The van der Waals surface area contributed by atoms with Gasteiger partial charge in [0.15, 0.2) is 0 Å². The highest BCUT2D eigenvalue weighted by Gasteiger charge is 2.23. The van der Waals surface area contributed by atoms with Gasteiger partial charge in [0, 0.05) is 18.0 Å². The Morgan fingerprint density at radius 1 is 1.25 bits per heavy atom. The molecule has 1 aromatic heterocycles. The van der Waals surface area contributed by atoms with Crippen LogP contribution in [0.5, 0.6) is 0 Å². The largest absolute Gasteiger partial charge is 0.289 e. The molecule has 0 aliphatic heterocycles. The monoisotopic (exact) mass is 329 g/mol. The summed E-state index contributed by atoms with van der Waals surface area (Å²) in [5.41, 5.74) is 4.38. The minimum absolute atomic E-state index is 0.132. The standard InChI is InChI=1S/C11H13N3O2.C7H7F/c1-7-12-5-10(6-13-7)8-2-3-9(4-8)11(15)14-16;1-6-4-2-3-5-7(6)8/h4-6,9,16H,2-3H2,1H3,(H,14,15);2-5H,1H3. The summed E-state index contributed by atoms with van der Waals surface area (Å²) in [6.45, 7) is 3.57. The Morgan fingerprint density at radius 2 is 1.92 bits per heavy atom. The van der Waals surface area contributed by atoms with E-state index >= 15 is 0 Å². The molecule has 1 aromatic carbocycles. The zero-order valence-electron chi connectivity index (χ0n) is 13.7. The molecule has 0 spiro atoms. The van der Waals surface area contributed by atoms with Crippen LogP contribution in [0.3, 0.4) is 0 Å². The average Bonchev–Trinajstić information content (AvgIpc) is 3.08. The highest BCUT2D eigenvalue weighted by Crippen LogP contribution is 2.30. The van der Waals surface area contributed by atoms with Crippen LogP contribution >= 0.6 is 0 Å². The van der Waals surface area contributed by atoms with Crippen LogP contribution < -0.4 is 5.48 Å². The third kappa shape index (κ3) is 4.70. The first-order chi connectivity index (χ1) is 11.5. The SMILES string of the molecule is Cc1ccccc1F.Cc1ncc(C2=CC(C(=O)NO)CC2)cn1. The quantitative estimate of drug-likeness (QED) is 0.655. The molecule has 2 aromatic rings. The molecule has 3 rings (SSSR count). The molecule has 0 radical (unpaired) electrons. The van der Waals surface area contributed by atoms with E-state index in [1.54, 1.807) is 36.9 Å². The molecule has 1 atom stereocenters. The lowest BCUT2D eigenvalue weighted by Gasteiger charge is -2.01. The highest BCUT2D eigenvalue weighted by atomic mass is 19.1. The van der Waals surface area contributed by atoms with Crippen molar-refractivity contribution in [3.05, 3.63) is 65.5 Å². The number of aromatic nitrogens is 2. The molecule has 0 saturated carbocycles. The predicted molar refractivity (Wildman–Crippen MR) is 88.5 cm³/mol. The predicted octanol–water partition coefficient (Wildman–Crippen LogP) is 3.22. The fourth-order valence-corrected chi connectivity index (χ4v) is 2.36. The van der Waals surface area contributed by atoms with Gasteiger partial charge >= 0.3 is 0 Å². The lowest BCUT2D eigenvalue weighted by Crippen LogP contribution is -2.25. The van der Waals surface area contributed by atoms with Gasteiger partial charge in [-0.15, -0.1) is 0 Å². The second-order valence-corrected chi connectivity index (χ2v) is 5.58. The fraction of sp³-hybridized carbons (Fsp3) is 0.278. The number of amides is 1. The molecule has 1 aliphatic carbocycles. The van der Waals surface area contributed by atoms with Gasteiger partial charge in [0.1, 0.15) is 11.6 Å². The number of allylic oxidation sites excluding steroid dienone is 1. The first-order valence-corrected chi connectivity index (χ1v) is 7.66. The molecule has 5 nitrogen and oxygen atoms in total. The summed E-state index contributed by atoms with van der Waals surface area (Å²) in [7, 11) is 0. The number of nitrogens with one attached hydrogen (secondary N) is 1. The lowest BCUT2D eigenvalue weighted by atomic mass is 10.1. The van der Waals surface area contributed by atoms with Gasteiger partial charge in [0.05, 0.1) is 5.92 Å². The summed E-state index contributed by atoms with van der Waals surface area (Å²) in [5, 5.41) is 8.53. The Bertz CT molecular complexity index is 708. The van der Waals surface area contributed by atoms with Gasteiger partial charge in [-0.3, -0.25) is 10.0 Å². The number of aryl methyl sites for hydroxylation is 2. The minimum Gasteiger partial charge on any atom is -0.289 e. The maximum Gasteiger partial charge on any atom is 0.250 e. The van der Waals surface area contributed by atoms with Gasteiger partial charge in [-0.2, -0.15) is 0 Å². The van der Waals surface area contributed by atoms with E-state index < -0.39 is 0 Å². The molecular weight excluding hydrogens is 309 g/mol. The number of carbonyl (C=O) groups is 1. The van der Waals surface area contributed by atoms with Crippen molar-refractivity contribution in [1.29, 1.82) is 0 Å². The molecule has 126 valence electrons. The van der Waals surface area contributed by atoms with Crippen molar-refractivity contribution in [2.45, 2.75) is 26.7 Å². The summed E-state index contributed by atoms with van der Waals surface area (Å²) in [6.07, 6.45) is 6.90.